The van der Waals surface area contributed by atoms with E-state index in [1.54, 1.807) is 0 Å². The minimum absolute atomic E-state index is 0.365. The van der Waals surface area contributed by atoms with Crippen molar-refractivity contribution >= 4 is 79.6 Å². The van der Waals surface area contributed by atoms with Crippen LogP contribution in [0.15, 0.2) is 0 Å². The molecule has 0 aromatic rings. The van der Waals surface area contributed by atoms with Gasteiger partial charge in [0.25, 0.3) is 0 Å². The summed E-state index contributed by atoms with van der Waals surface area (Å²) in [6.45, 7) is 0. The van der Waals surface area contributed by atoms with Gasteiger partial charge in [0.15, 0.2) is 0 Å². The van der Waals surface area contributed by atoms with Gasteiger partial charge in [-0.1, -0.05) is 79.6 Å². The van der Waals surface area contributed by atoms with Gasteiger partial charge >= 0.3 is 0 Å². The highest BCUT2D eigenvalue weighted by Crippen LogP contribution is 2.79. The molecule has 0 spiro atoms. The van der Waals surface area contributed by atoms with E-state index in [0.717, 1.165) is 55.9 Å². The Bertz CT molecular complexity index is 453. The van der Waals surface area contributed by atoms with Crippen molar-refractivity contribution in [1.29, 1.82) is 0 Å². The molecule has 0 nitrogen and oxygen atoms in total. The van der Waals surface area contributed by atoms with E-state index < -0.39 is 0 Å². The van der Waals surface area contributed by atoms with Crippen LogP contribution in [0.4, 0.5) is 0 Å². The molecule has 0 aromatic carbocycles. The number of fused-ring (bicyclic) bond motifs is 2. The molecule has 0 radical (unpaired) electrons. The zero-order valence-electron chi connectivity index (χ0n) is 10.2. The topological polar surface area (TPSA) is 0 Å². The van der Waals surface area contributed by atoms with E-state index >= 15 is 0 Å². The number of hydrogen-bond donors (Lipinski definition) is 0. The molecule has 5 rings (SSSR count). The van der Waals surface area contributed by atoms with Crippen molar-refractivity contribution in [2.75, 3.05) is 0 Å². The third-order valence-electron chi connectivity index (χ3n) is 7.11. The SMILES string of the molecule is BrC1CC2C3C(Br)C1C2C1(Br)C(Br)C2CC1C3C2Br. The molecular formula is C14H15Br5. The van der Waals surface area contributed by atoms with Crippen molar-refractivity contribution in [2.45, 2.75) is 36.5 Å². The number of hydrogen-bond acceptors (Lipinski definition) is 0. The first-order chi connectivity index (χ1) is 8.98. The van der Waals surface area contributed by atoms with Gasteiger partial charge in [0.1, 0.15) is 0 Å². The number of alkyl halides is 5. The van der Waals surface area contributed by atoms with Crippen molar-refractivity contribution < 1.29 is 0 Å². The van der Waals surface area contributed by atoms with Gasteiger partial charge in [-0.15, -0.1) is 0 Å². The van der Waals surface area contributed by atoms with E-state index in [0.29, 0.717) is 9.15 Å². The summed E-state index contributed by atoms with van der Waals surface area (Å²) in [4.78, 5) is 2.83. The zero-order valence-corrected chi connectivity index (χ0v) is 18.1. The van der Waals surface area contributed by atoms with Crippen molar-refractivity contribution in [3.63, 3.8) is 0 Å². The van der Waals surface area contributed by atoms with E-state index in [1.807, 2.05) is 0 Å². The maximum atomic E-state index is 4.31. The Labute approximate surface area is 156 Å². The highest BCUT2D eigenvalue weighted by atomic mass is 79.9. The second-order valence-electron chi connectivity index (χ2n) is 7.30. The molecule has 5 heteroatoms. The fourth-order valence-electron chi connectivity index (χ4n) is 6.77. The molecule has 5 fully saturated rings. The van der Waals surface area contributed by atoms with E-state index in [1.165, 1.54) is 12.8 Å². The van der Waals surface area contributed by atoms with E-state index in [4.69, 9.17) is 0 Å². The minimum atomic E-state index is 0.365. The third kappa shape index (κ3) is 1.32. The summed E-state index contributed by atoms with van der Waals surface area (Å²) in [7, 11) is 0. The van der Waals surface area contributed by atoms with Gasteiger partial charge in [0, 0.05) is 23.6 Å². The summed E-state index contributed by atoms with van der Waals surface area (Å²) >= 11 is 20.6. The maximum absolute atomic E-state index is 4.31. The molecule has 0 N–H and O–H groups in total. The number of rotatable bonds is 0. The second-order valence-corrected chi connectivity index (χ2v) is 12.9. The first-order valence-corrected chi connectivity index (χ1v) is 11.7. The normalized spacial score (nSPS) is 75.9. The molecule has 0 amide bonds. The lowest BCUT2D eigenvalue weighted by molar-refractivity contribution is 0.0752. The third-order valence-corrected chi connectivity index (χ3v) is 14.3. The van der Waals surface area contributed by atoms with Gasteiger partial charge in [0.2, 0.25) is 0 Å². The Morgan fingerprint density at radius 2 is 1.53 bits per heavy atom. The van der Waals surface area contributed by atoms with Crippen molar-refractivity contribution in [3.05, 3.63) is 0 Å². The minimum Gasteiger partial charge on any atom is -0.0887 e. The average molecular weight is 583 g/mol. The van der Waals surface area contributed by atoms with Crippen LogP contribution in [0.25, 0.3) is 0 Å². The van der Waals surface area contributed by atoms with Crippen LogP contribution >= 0.6 is 79.6 Å². The second kappa shape index (κ2) is 4.08. The molecule has 0 saturated heterocycles. The highest BCUT2D eigenvalue weighted by molar-refractivity contribution is 9.12. The summed E-state index contributed by atoms with van der Waals surface area (Å²) < 4.78 is 0.365. The average Bonchev–Trinajstić information content (AvgIpc) is 2.99. The van der Waals surface area contributed by atoms with Gasteiger partial charge in [-0.3, -0.25) is 0 Å². The van der Waals surface area contributed by atoms with Gasteiger partial charge in [-0.25, -0.2) is 0 Å². The zero-order chi connectivity index (χ0) is 13.3. The Morgan fingerprint density at radius 3 is 2.21 bits per heavy atom. The summed E-state index contributed by atoms with van der Waals surface area (Å²) in [5.74, 6) is 6.09. The predicted octanol–water partition coefficient (Wildman–Crippen LogP) is 5.34. The van der Waals surface area contributed by atoms with Gasteiger partial charge in [-0.05, 0) is 54.3 Å². The first-order valence-electron chi connectivity index (χ1n) is 7.23. The van der Waals surface area contributed by atoms with Crippen LogP contribution in [0.3, 0.4) is 0 Å². The molecule has 5 aliphatic rings. The number of halogens is 5. The smallest absolute Gasteiger partial charge is 0.0451 e. The molecular weight excluding hydrogens is 568 g/mol. The van der Waals surface area contributed by atoms with Crippen LogP contribution in [0.1, 0.15) is 12.8 Å². The fraction of sp³-hybridized carbons (Fsp3) is 1.00. The van der Waals surface area contributed by atoms with Crippen molar-refractivity contribution in [3.8, 4) is 0 Å². The molecule has 0 aliphatic heterocycles. The Hall–Kier alpha value is 2.40. The monoisotopic (exact) mass is 578 g/mol. The van der Waals surface area contributed by atoms with E-state index in [9.17, 15) is 0 Å². The van der Waals surface area contributed by atoms with Gasteiger partial charge in [0.05, 0.1) is 0 Å². The lowest BCUT2D eigenvalue weighted by atomic mass is 9.60. The Kier molecular flexibility index (Phi) is 2.96. The molecule has 0 heterocycles. The quantitative estimate of drug-likeness (QED) is 0.339. The molecule has 0 aromatic heterocycles. The standard InChI is InChI=1S/C14H15Br5/c15-6-2-3-7-8-5-1-4(11(8)16)13(18)14(5,19)10(3)9(6)12(7)17/h3-13H,1-2H2. The van der Waals surface area contributed by atoms with Gasteiger partial charge < -0.3 is 0 Å². The molecule has 12 unspecified atom stereocenters. The summed E-state index contributed by atoms with van der Waals surface area (Å²) in [5, 5.41) is 0. The van der Waals surface area contributed by atoms with E-state index in [2.05, 4.69) is 79.6 Å². The Morgan fingerprint density at radius 1 is 0.789 bits per heavy atom. The maximum Gasteiger partial charge on any atom is 0.0451 e. The predicted molar refractivity (Wildman–Crippen MR) is 96.2 cm³/mol. The summed E-state index contributed by atoms with van der Waals surface area (Å²) in [6, 6.07) is 0. The molecule has 19 heavy (non-hydrogen) atoms. The van der Waals surface area contributed by atoms with E-state index in [-0.39, 0.29) is 0 Å². The van der Waals surface area contributed by atoms with Crippen LogP contribution < -0.4 is 0 Å². The summed E-state index contributed by atoms with van der Waals surface area (Å²) in [6.07, 6.45) is 2.81. The van der Waals surface area contributed by atoms with Crippen LogP contribution in [0.5, 0.6) is 0 Å². The lowest BCUT2D eigenvalue weighted by Gasteiger charge is -2.54. The van der Waals surface area contributed by atoms with Gasteiger partial charge in [-0.2, -0.15) is 0 Å². The largest absolute Gasteiger partial charge is 0.0887 e. The molecule has 5 aliphatic carbocycles. The van der Waals surface area contributed by atoms with Crippen molar-refractivity contribution in [1.82, 2.24) is 0 Å². The molecule has 6 bridgehead atoms. The van der Waals surface area contributed by atoms with Crippen LogP contribution in [-0.4, -0.2) is 23.6 Å². The highest BCUT2D eigenvalue weighted by Gasteiger charge is 2.79. The molecule has 12 atom stereocenters. The van der Waals surface area contributed by atoms with Crippen LogP contribution in [0.2, 0.25) is 0 Å². The summed E-state index contributed by atoms with van der Waals surface area (Å²) in [5.41, 5.74) is 0. The first kappa shape index (κ1) is 13.8. The fourth-order valence-corrected chi connectivity index (χ4v) is 14.0. The molecule has 5 saturated carbocycles. The van der Waals surface area contributed by atoms with Crippen LogP contribution in [0, 0.1) is 41.4 Å². The van der Waals surface area contributed by atoms with Crippen LogP contribution in [-0.2, 0) is 0 Å². The van der Waals surface area contributed by atoms with Crippen molar-refractivity contribution in [2.24, 2.45) is 41.4 Å². The molecule has 106 valence electrons. The lowest BCUT2D eigenvalue weighted by Crippen LogP contribution is -2.57. The Balaban J connectivity index is 1.72.